The highest BCUT2D eigenvalue weighted by Crippen LogP contribution is 2.39. The molecule has 3 atom stereocenters. The van der Waals surface area contributed by atoms with Gasteiger partial charge < -0.3 is 13.9 Å². The molecule has 2 aromatic rings. The third-order valence-electron chi connectivity index (χ3n) is 7.81. The number of esters is 2. The lowest BCUT2D eigenvalue weighted by Gasteiger charge is -2.43. The number of ether oxygens (including phenoxy) is 2. The van der Waals surface area contributed by atoms with E-state index in [4.69, 9.17) is 13.9 Å². The second kappa shape index (κ2) is 14.0. The molecule has 0 radical (unpaired) electrons. The molecule has 0 aliphatic heterocycles. The molecular formula is C33H44O6Si. The van der Waals surface area contributed by atoms with Gasteiger partial charge in [-0.05, 0) is 46.7 Å². The number of carbonyl (C=O) groups is 3. The van der Waals surface area contributed by atoms with Crippen LogP contribution in [0.5, 0.6) is 0 Å². The Morgan fingerprint density at radius 1 is 0.975 bits per heavy atom. The van der Waals surface area contributed by atoms with Crippen molar-refractivity contribution < 1.29 is 28.3 Å². The summed E-state index contributed by atoms with van der Waals surface area (Å²) in [5.74, 6) is -0.984. The summed E-state index contributed by atoms with van der Waals surface area (Å²) in [5.41, 5.74) is 0.692. The van der Waals surface area contributed by atoms with Crippen LogP contribution in [0.3, 0.4) is 0 Å². The van der Waals surface area contributed by atoms with Gasteiger partial charge in [0.05, 0.1) is 0 Å². The summed E-state index contributed by atoms with van der Waals surface area (Å²) in [7, 11) is -2.66. The minimum atomic E-state index is -2.66. The van der Waals surface area contributed by atoms with Crippen LogP contribution in [-0.2, 0) is 28.3 Å². The molecule has 0 amide bonds. The van der Waals surface area contributed by atoms with E-state index >= 15 is 0 Å². The van der Waals surface area contributed by atoms with E-state index in [1.807, 2.05) is 12.1 Å². The summed E-state index contributed by atoms with van der Waals surface area (Å²) in [4.78, 5) is 36.1. The number of hydrogen-bond acceptors (Lipinski definition) is 6. The molecule has 0 heterocycles. The lowest BCUT2D eigenvalue weighted by Crippen LogP contribution is -2.66. The van der Waals surface area contributed by atoms with Gasteiger partial charge in [-0.15, -0.1) is 0 Å². The van der Waals surface area contributed by atoms with Crippen molar-refractivity contribution in [1.82, 2.24) is 0 Å². The predicted molar refractivity (Wildman–Crippen MR) is 160 cm³/mol. The van der Waals surface area contributed by atoms with E-state index in [1.54, 1.807) is 0 Å². The fourth-order valence-electron chi connectivity index (χ4n) is 6.06. The maximum absolute atomic E-state index is 12.8. The molecule has 1 unspecified atom stereocenters. The molecular weight excluding hydrogens is 520 g/mol. The molecule has 1 fully saturated rings. The van der Waals surface area contributed by atoms with Crippen molar-refractivity contribution in [3.05, 3.63) is 72.8 Å². The lowest BCUT2D eigenvalue weighted by molar-refractivity contribution is -0.151. The highest BCUT2D eigenvalue weighted by atomic mass is 28.4. The van der Waals surface area contributed by atoms with E-state index in [2.05, 4.69) is 75.9 Å². The molecule has 0 saturated heterocycles. The van der Waals surface area contributed by atoms with Crippen molar-refractivity contribution in [1.29, 1.82) is 0 Å². The SMILES string of the molecule is C=C(COC(C)=O)C[C@H]1C(=O)CC[C@@H]1C(CCCO[Si](c1ccccc1)(c1ccccc1)C(C)(C)C)OC(C)=O. The molecule has 1 saturated carbocycles. The largest absolute Gasteiger partial charge is 0.462 e. The van der Waals surface area contributed by atoms with E-state index in [-0.39, 0.29) is 41.2 Å². The maximum Gasteiger partial charge on any atom is 0.302 e. The predicted octanol–water partition coefficient (Wildman–Crippen LogP) is 5.38. The van der Waals surface area contributed by atoms with Gasteiger partial charge >= 0.3 is 11.9 Å². The Kier molecular flexibility index (Phi) is 11.1. The van der Waals surface area contributed by atoms with Crippen LogP contribution < -0.4 is 10.4 Å². The van der Waals surface area contributed by atoms with Gasteiger partial charge in [0.2, 0.25) is 0 Å². The average molecular weight is 565 g/mol. The summed E-state index contributed by atoms with van der Waals surface area (Å²) >= 11 is 0. The molecule has 0 spiro atoms. The highest BCUT2D eigenvalue weighted by molar-refractivity contribution is 6.99. The first-order valence-corrected chi connectivity index (χ1v) is 16.1. The third kappa shape index (κ3) is 7.79. The van der Waals surface area contributed by atoms with Crippen molar-refractivity contribution in [2.45, 2.75) is 77.9 Å². The first-order chi connectivity index (χ1) is 19.0. The van der Waals surface area contributed by atoms with Crippen molar-refractivity contribution in [2.75, 3.05) is 13.2 Å². The van der Waals surface area contributed by atoms with Gasteiger partial charge in [-0.1, -0.05) is 88.0 Å². The maximum atomic E-state index is 12.8. The number of Topliss-reactive ketones (excluding diaryl/α,β-unsaturated/α-hetero) is 1. The zero-order chi connectivity index (χ0) is 29.3. The first kappa shape index (κ1) is 31.5. The average Bonchev–Trinajstić information content (AvgIpc) is 3.26. The Balaban J connectivity index is 1.77. The van der Waals surface area contributed by atoms with Crippen LogP contribution in [-0.4, -0.2) is 45.4 Å². The molecule has 40 heavy (non-hydrogen) atoms. The number of benzene rings is 2. The van der Waals surface area contributed by atoms with Crippen LogP contribution >= 0.6 is 0 Å². The van der Waals surface area contributed by atoms with Crippen LogP contribution in [0.15, 0.2) is 72.8 Å². The number of carbonyl (C=O) groups excluding carboxylic acids is 3. The molecule has 1 aliphatic rings. The van der Waals surface area contributed by atoms with Crippen LogP contribution in [0.2, 0.25) is 5.04 Å². The minimum Gasteiger partial charge on any atom is -0.462 e. The smallest absolute Gasteiger partial charge is 0.302 e. The van der Waals surface area contributed by atoms with E-state index in [0.29, 0.717) is 44.3 Å². The fourth-order valence-corrected chi connectivity index (χ4v) is 10.7. The molecule has 2 aromatic carbocycles. The molecule has 0 N–H and O–H groups in total. The summed E-state index contributed by atoms with van der Waals surface area (Å²) < 4.78 is 17.9. The van der Waals surface area contributed by atoms with Crippen molar-refractivity contribution >= 4 is 36.4 Å². The summed E-state index contributed by atoms with van der Waals surface area (Å²) in [6.07, 6.45) is 2.44. The topological polar surface area (TPSA) is 78.9 Å². The van der Waals surface area contributed by atoms with Crippen LogP contribution in [0.1, 0.15) is 66.7 Å². The molecule has 0 aromatic heterocycles. The Bertz CT molecular complexity index is 1110. The van der Waals surface area contributed by atoms with Crippen molar-refractivity contribution in [3.63, 3.8) is 0 Å². The van der Waals surface area contributed by atoms with E-state index in [0.717, 1.165) is 0 Å². The van der Waals surface area contributed by atoms with Crippen LogP contribution in [0.4, 0.5) is 0 Å². The van der Waals surface area contributed by atoms with Gasteiger partial charge in [-0.2, -0.15) is 0 Å². The van der Waals surface area contributed by atoms with Gasteiger partial charge in [0.25, 0.3) is 8.32 Å². The Hall–Kier alpha value is -3.03. The lowest BCUT2D eigenvalue weighted by atomic mass is 9.84. The molecule has 6 nitrogen and oxygen atoms in total. The number of ketones is 1. The van der Waals surface area contributed by atoms with Gasteiger partial charge in [-0.3, -0.25) is 14.4 Å². The quantitative estimate of drug-likeness (QED) is 0.141. The van der Waals surface area contributed by atoms with Gasteiger partial charge in [-0.25, -0.2) is 0 Å². The zero-order valence-corrected chi connectivity index (χ0v) is 25.6. The molecule has 1 aliphatic carbocycles. The summed E-state index contributed by atoms with van der Waals surface area (Å²) in [6.45, 7) is 14.1. The van der Waals surface area contributed by atoms with Crippen molar-refractivity contribution in [2.24, 2.45) is 11.8 Å². The van der Waals surface area contributed by atoms with Crippen molar-refractivity contribution in [3.8, 4) is 0 Å². The summed E-state index contributed by atoms with van der Waals surface area (Å²) in [6, 6.07) is 21.0. The van der Waals surface area contributed by atoms with E-state index < -0.39 is 14.4 Å². The first-order valence-electron chi connectivity index (χ1n) is 14.2. The van der Waals surface area contributed by atoms with Gasteiger partial charge in [0, 0.05) is 38.7 Å². The Morgan fingerprint density at radius 2 is 1.55 bits per heavy atom. The molecule has 0 bridgehead atoms. The normalized spacial score (nSPS) is 18.3. The molecule has 3 rings (SSSR count). The monoisotopic (exact) mass is 564 g/mol. The zero-order valence-electron chi connectivity index (χ0n) is 24.6. The van der Waals surface area contributed by atoms with E-state index in [9.17, 15) is 14.4 Å². The van der Waals surface area contributed by atoms with E-state index in [1.165, 1.54) is 24.2 Å². The third-order valence-corrected chi connectivity index (χ3v) is 12.8. The van der Waals surface area contributed by atoms with Crippen LogP contribution in [0.25, 0.3) is 0 Å². The number of rotatable bonds is 13. The highest BCUT2D eigenvalue weighted by Gasteiger charge is 2.50. The number of hydrogen-bond donors (Lipinski definition) is 0. The minimum absolute atomic E-state index is 0.0936. The van der Waals surface area contributed by atoms with Gasteiger partial charge in [0.1, 0.15) is 18.5 Å². The van der Waals surface area contributed by atoms with Crippen LogP contribution in [0, 0.1) is 11.8 Å². The second-order valence-electron chi connectivity index (χ2n) is 11.8. The fraction of sp³-hybridized carbons (Fsp3) is 0.485. The molecule has 216 valence electrons. The standard InChI is InChI=1S/C33H44O6Si/c1-24(23-37-25(2)34)22-30-29(19-20-31(30)36)32(39-26(3)35)18-13-21-38-40(33(4,5)6,27-14-9-7-10-15-27)28-16-11-8-12-17-28/h7-12,14-17,29-30,32H,1,13,18-23H2,2-6H3/t29-,30+,32?/m0/s1. The Morgan fingerprint density at radius 3 is 2.05 bits per heavy atom. The van der Waals surface area contributed by atoms with Gasteiger partial charge in [0.15, 0.2) is 0 Å². The second-order valence-corrected chi connectivity index (χ2v) is 16.1. The molecule has 7 heteroatoms. The Labute approximate surface area is 240 Å². The summed E-state index contributed by atoms with van der Waals surface area (Å²) in [5, 5.41) is 2.31.